The van der Waals surface area contributed by atoms with Crippen LogP contribution in [0.25, 0.3) is 21.8 Å². The van der Waals surface area contributed by atoms with Crippen LogP contribution in [-0.4, -0.2) is 15.6 Å². The first kappa shape index (κ1) is 20.0. The van der Waals surface area contributed by atoms with Gasteiger partial charge in [0.1, 0.15) is 6.04 Å². The van der Waals surface area contributed by atoms with Gasteiger partial charge >= 0.3 is 0 Å². The number of aryl methyl sites for hydroxylation is 1. The van der Waals surface area contributed by atoms with E-state index in [1.165, 1.54) is 11.1 Å². The molecule has 0 fully saturated rings. The number of benzene rings is 3. The molecule has 0 bridgehead atoms. The highest BCUT2D eigenvalue weighted by atomic mass is 79.9. The van der Waals surface area contributed by atoms with Crippen molar-refractivity contribution in [2.75, 3.05) is 0 Å². The number of nitrogens with zero attached hydrogens (tertiary/aromatic N) is 2. The van der Waals surface area contributed by atoms with Gasteiger partial charge in [0.25, 0.3) is 0 Å². The summed E-state index contributed by atoms with van der Waals surface area (Å²) in [5, 5.41) is 4.36. The molecule has 30 heavy (non-hydrogen) atoms. The maximum absolute atomic E-state index is 6.45. The van der Waals surface area contributed by atoms with Crippen molar-refractivity contribution in [1.82, 2.24) is 10.0 Å². The largest absolute Gasteiger partial charge is 0.404 e. The molecule has 5 heteroatoms. The predicted molar refractivity (Wildman–Crippen MR) is 130 cm³/mol. The van der Waals surface area contributed by atoms with Crippen molar-refractivity contribution in [2.45, 2.75) is 39.3 Å². The summed E-state index contributed by atoms with van der Waals surface area (Å²) in [5.74, 6) is 0.907. The highest BCUT2D eigenvalue weighted by Gasteiger charge is 2.40. The van der Waals surface area contributed by atoms with E-state index in [4.69, 9.17) is 9.82 Å². The molecule has 0 spiro atoms. The van der Waals surface area contributed by atoms with Crippen LogP contribution in [0.5, 0.6) is 5.75 Å². The van der Waals surface area contributed by atoms with Crippen LogP contribution in [0.4, 0.5) is 0 Å². The molecular weight excluding hydrogens is 504 g/mol. The molecule has 0 saturated carbocycles. The van der Waals surface area contributed by atoms with Crippen molar-refractivity contribution in [3.63, 3.8) is 0 Å². The lowest BCUT2D eigenvalue weighted by atomic mass is 9.93. The Bertz CT molecular complexity index is 1300. The van der Waals surface area contributed by atoms with Gasteiger partial charge in [0.05, 0.1) is 11.0 Å². The summed E-state index contributed by atoms with van der Waals surface area (Å²) in [4.78, 5) is 11.5. The number of pyridine rings is 1. The SMILES string of the molecule is Cc1c2cc3c(cc2nc2c(Br)cc(Br)cc12)C(c1ccccc1)N(C(C)(C)C)O3. The summed E-state index contributed by atoms with van der Waals surface area (Å²) < 4.78 is 2.02. The molecule has 4 aromatic rings. The van der Waals surface area contributed by atoms with Crippen molar-refractivity contribution in [1.29, 1.82) is 0 Å². The van der Waals surface area contributed by atoms with E-state index in [0.29, 0.717) is 0 Å². The van der Waals surface area contributed by atoms with Crippen LogP contribution in [0.15, 0.2) is 63.5 Å². The Balaban J connectivity index is 1.79. The zero-order valence-electron chi connectivity index (χ0n) is 17.3. The maximum Gasteiger partial charge on any atom is 0.153 e. The Morgan fingerprint density at radius 2 is 1.70 bits per heavy atom. The van der Waals surface area contributed by atoms with E-state index in [1.54, 1.807) is 0 Å². The molecule has 0 aliphatic carbocycles. The molecule has 1 atom stereocenters. The monoisotopic (exact) mass is 524 g/mol. The molecule has 1 aliphatic heterocycles. The quantitative estimate of drug-likeness (QED) is 0.238. The van der Waals surface area contributed by atoms with Crippen molar-refractivity contribution in [3.05, 3.63) is 80.2 Å². The van der Waals surface area contributed by atoms with Gasteiger partial charge in [-0.15, -0.1) is 5.06 Å². The lowest BCUT2D eigenvalue weighted by molar-refractivity contribution is -0.128. The van der Waals surface area contributed by atoms with E-state index < -0.39 is 0 Å². The van der Waals surface area contributed by atoms with E-state index in [2.05, 4.69) is 113 Å². The third-order valence-corrected chi connectivity index (χ3v) is 6.76. The van der Waals surface area contributed by atoms with Gasteiger partial charge in [-0.3, -0.25) is 0 Å². The highest BCUT2D eigenvalue weighted by molar-refractivity contribution is 9.11. The smallest absolute Gasteiger partial charge is 0.153 e. The van der Waals surface area contributed by atoms with Gasteiger partial charge in [-0.1, -0.05) is 46.3 Å². The van der Waals surface area contributed by atoms with E-state index in [-0.39, 0.29) is 11.6 Å². The Labute approximate surface area is 193 Å². The number of hydrogen-bond acceptors (Lipinski definition) is 3. The topological polar surface area (TPSA) is 25.4 Å². The first-order chi connectivity index (χ1) is 14.2. The van der Waals surface area contributed by atoms with Crippen LogP contribution in [-0.2, 0) is 0 Å². The van der Waals surface area contributed by atoms with E-state index in [9.17, 15) is 0 Å². The molecule has 1 aliphatic rings. The first-order valence-electron chi connectivity index (χ1n) is 9.99. The zero-order chi connectivity index (χ0) is 21.2. The Morgan fingerprint density at radius 1 is 0.967 bits per heavy atom. The minimum absolute atomic E-state index is 0.0248. The fourth-order valence-corrected chi connectivity index (χ4v) is 5.57. The van der Waals surface area contributed by atoms with E-state index in [0.717, 1.165) is 42.1 Å². The standard InChI is InChI=1S/C25H22Br2N2O/c1-14-17-13-22-19(12-21(17)28-23-18(14)10-16(26)11-20(23)27)24(15-8-6-5-7-9-15)29(30-22)25(2,3)4/h5-13,24H,1-4H3. The molecule has 1 aromatic heterocycles. The minimum atomic E-state index is -0.160. The molecule has 0 radical (unpaired) electrons. The maximum atomic E-state index is 6.45. The van der Waals surface area contributed by atoms with Crippen LogP contribution in [0, 0.1) is 6.92 Å². The van der Waals surface area contributed by atoms with Gasteiger partial charge in [0.15, 0.2) is 5.75 Å². The lowest BCUT2D eigenvalue weighted by Crippen LogP contribution is -2.43. The summed E-state index contributed by atoms with van der Waals surface area (Å²) in [6, 6.07) is 19.1. The molecule has 5 rings (SSSR count). The second kappa shape index (κ2) is 7.04. The Morgan fingerprint density at radius 3 is 2.40 bits per heavy atom. The summed E-state index contributed by atoms with van der Waals surface area (Å²) in [6.45, 7) is 8.70. The van der Waals surface area contributed by atoms with E-state index >= 15 is 0 Å². The van der Waals surface area contributed by atoms with Crippen molar-refractivity contribution in [3.8, 4) is 5.75 Å². The second-order valence-electron chi connectivity index (χ2n) is 8.83. The summed E-state index contributed by atoms with van der Waals surface area (Å²) >= 11 is 7.29. The van der Waals surface area contributed by atoms with Crippen molar-refractivity contribution >= 4 is 53.7 Å². The lowest BCUT2D eigenvalue weighted by Gasteiger charge is -2.34. The van der Waals surface area contributed by atoms with Gasteiger partial charge in [0.2, 0.25) is 0 Å². The molecule has 1 unspecified atom stereocenters. The van der Waals surface area contributed by atoms with Gasteiger partial charge in [0, 0.05) is 30.8 Å². The van der Waals surface area contributed by atoms with Gasteiger partial charge < -0.3 is 4.84 Å². The van der Waals surface area contributed by atoms with Crippen LogP contribution in [0.1, 0.15) is 43.5 Å². The fourth-order valence-electron chi connectivity index (χ4n) is 4.26. The first-order valence-corrected chi connectivity index (χ1v) is 11.6. The molecule has 0 amide bonds. The van der Waals surface area contributed by atoms with Gasteiger partial charge in [-0.2, -0.15) is 0 Å². The number of aromatic nitrogens is 1. The molecule has 0 N–H and O–H groups in total. The van der Waals surface area contributed by atoms with Crippen LogP contribution in [0.2, 0.25) is 0 Å². The third-order valence-electron chi connectivity index (χ3n) is 5.70. The molecule has 3 nitrogen and oxygen atoms in total. The van der Waals surface area contributed by atoms with E-state index in [1.807, 2.05) is 6.07 Å². The van der Waals surface area contributed by atoms with Crippen LogP contribution >= 0.6 is 31.9 Å². The Hall–Kier alpha value is -1.95. The molecule has 3 aromatic carbocycles. The van der Waals surface area contributed by atoms with Crippen LogP contribution < -0.4 is 4.84 Å². The number of hydroxylamine groups is 2. The number of hydrogen-bond donors (Lipinski definition) is 0. The Kier molecular flexibility index (Phi) is 4.69. The number of halogens is 2. The highest BCUT2D eigenvalue weighted by Crippen LogP contribution is 2.47. The van der Waals surface area contributed by atoms with Crippen LogP contribution in [0.3, 0.4) is 0 Å². The zero-order valence-corrected chi connectivity index (χ0v) is 20.5. The minimum Gasteiger partial charge on any atom is -0.404 e. The molecule has 0 saturated heterocycles. The molecular formula is C25H22Br2N2O. The molecule has 152 valence electrons. The van der Waals surface area contributed by atoms with Gasteiger partial charge in [-0.05, 0) is 79.0 Å². The average molecular weight is 526 g/mol. The fraction of sp³-hybridized carbons (Fsp3) is 0.240. The normalized spacial score (nSPS) is 16.8. The average Bonchev–Trinajstić information content (AvgIpc) is 3.07. The van der Waals surface area contributed by atoms with Crippen molar-refractivity contribution in [2.24, 2.45) is 0 Å². The van der Waals surface area contributed by atoms with Gasteiger partial charge in [-0.25, -0.2) is 4.98 Å². The predicted octanol–water partition coefficient (Wildman–Crippen LogP) is 7.72. The van der Waals surface area contributed by atoms with Crippen molar-refractivity contribution < 1.29 is 4.84 Å². The summed E-state index contributed by atoms with van der Waals surface area (Å²) in [5.41, 5.74) is 5.38. The summed E-state index contributed by atoms with van der Waals surface area (Å²) in [7, 11) is 0. The second-order valence-corrected chi connectivity index (χ2v) is 10.6. The number of rotatable bonds is 1. The molecule has 2 heterocycles. The number of fused-ring (bicyclic) bond motifs is 3. The summed E-state index contributed by atoms with van der Waals surface area (Å²) in [6.07, 6.45) is 0. The third kappa shape index (κ3) is 3.15.